The number of hydrogen-bond donors (Lipinski definition) is 1. The zero-order chi connectivity index (χ0) is 14.4. The summed E-state index contributed by atoms with van der Waals surface area (Å²) in [6, 6.07) is 1.57. The maximum atomic E-state index is 4.14. The van der Waals surface area contributed by atoms with Crippen LogP contribution in [-0.4, -0.2) is 12.1 Å². The predicted octanol–water partition coefficient (Wildman–Crippen LogP) is 5.15. The first-order chi connectivity index (χ1) is 9.45. The monoisotopic (exact) mass is 277 g/mol. The Bertz CT molecular complexity index is 335. The molecule has 1 N–H and O–H groups in total. The maximum Gasteiger partial charge on any atom is 0.0177 e. The number of nitrogens with one attached hydrogen (secondary N) is 1. The van der Waals surface area contributed by atoms with Crippen molar-refractivity contribution in [2.75, 3.05) is 0 Å². The highest BCUT2D eigenvalue weighted by Crippen LogP contribution is 2.62. The van der Waals surface area contributed by atoms with Crippen LogP contribution in [0.5, 0.6) is 0 Å². The molecule has 1 heteroatoms. The lowest BCUT2D eigenvalue weighted by Gasteiger charge is -2.46. The molecule has 0 saturated heterocycles. The van der Waals surface area contributed by atoms with E-state index in [0.29, 0.717) is 10.8 Å². The minimum absolute atomic E-state index is 0.521. The Balaban J connectivity index is 1.59. The lowest BCUT2D eigenvalue weighted by molar-refractivity contribution is 0.0887. The Labute approximate surface area is 126 Å². The first-order valence-electron chi connectivity index (χ1n) is 9.22. The molecule has 0 aromatic heterocycles. The molecular formula is C19H35N. The molecule has 3 aliphatic carbocycles. The molecule has 1 nitrogen and oxygen atoms in total. The Morgan fingerprint density at radius 2 is 1.70 bits per heavy atom. The van der Waals surface area contributed by atoms with Gasteiger partial charge in [-0.2, -0.15) is 0 Å². The topological polar surface area (TPSA) is 12.0 Å². The van der Waals surface area contributed by atoms with Crippen LogP contribution in [0, 0.1) is 22.7 Å². The Kier molecular flexibility index (Phi) is 3.95. The summed E-state index contributed by atoms with van der Waals surface area (Å²) in [7, 11) is 0. The highest BCUT2D eigenvalue weighted by Gasteiger charge is 2.59. The molecule has 0 spiro atoms. The van der Waals surface area contributed by atoms with Crippen LogP contribution < -0.4 is 5.32 Å². The minimum atomic E-state index is 0.521. The van der Waals surface area contributed by atoms with E-state index in [1.807, 2.05) is 0 Å². The van der Waals surface area contributed by atoms with Gasteiger partial charge in [0, 0.05) is 12.1 Å². The van der Waals surface area contributed by atoms with Crippen molar-refractivity contribution in [3.05, 3.63) is 0 Å². The predicted molar refractivity (Wildman–Crippen MR) is 86.8 cm³/mol. The molecule has 116 valence electrons. The van der Waals surface area contributed by atoms with Crippen LogP contribution >= 0.6 is 0 Å². The van der Waals surface area contributed by atoms with Gasteiger partial charge < -0.3 is 5.32 Å². The van der Waals surface area contributed by atoms with Gasteiger partial charge in [0.1, 0.15) is 0 Å². The van der Waals surface area contributed by atoms with E-state index < -0.39 is 0 Å². The van der Waals surface area contributed by atoms with Crippen LogP contribution in [0.2, 0.25) is 0 Å². The minimum Gasteiger partial charge on any atom is -0.310 e. The van der Waals surface area contributed by atoms with Crippen molar-refractivity contribution in [2.24, 2.45) is 22.7 Å². The summed E-state index contributed by atoms with van der Waals surface area (Å²) in [5, 5.41) is 4.14. The first-order valence-corrected chi connectivity index (χ1v) is 9.22. The highest BCUT2D eigenvalue weighted by molar-refractivity contribution is 5.12. The quantitative estimate of drug-likeness (QED) is 0.749. The molecule has 0 aromatic rings. The average Bonchev–Trinajstić information content (AvgIpc) is 2.88. The van der Waals surface area contributed by atoms with Crippen molar-refractivity contribution >= 4 is 0 Å². The molecule has 2 bridgehead atoms. The van der Waals surface area contributed by atoms with E-state index >= 15 is 0 Å². The maximum absolute atomic E-state index is 4.14. The molecule has 0 aromatic carbocycles. The van der Waals surface area contributed by atoms with Crippen LogP contribution in [-0.2, 0) is 0 Å². The van der Waals surface area contributed by atoms with E-state index in [1.54, 1.807) is 0 Å². The lowest BCUT2D eigenvalue weighted by atomic mass is 9.68. The van der Waals surface area contributed by atoms with Gasteiger partial charge in [-0.3, -0.25) is 0 Å². The van der Waals surface area contributed by atoms with Gasteiger partial charge in [-0.15, -0.1) is 0 Å². The van der Waals surface area contributed by atoms with Crippen LogP contribution in [0.25, 0.3) is 0 Å². The zero-order valence-corrected chi connectivity index (χ0v) is 14.2. The van der Waals surface area contributed by atoms with Crippen molar-refractivity contribution in [3.8, 4) is 0 Å². The van der Waals surface area contributed by atoms with Crippen LogP contribution in [0.4, 0.5) is 0 Å². The summed E-state index contributed by atoms with van der Waals surface area (Å²) in [6.07, 6.45) is 13.0. The van der Waals surface area contributed by atoms with Crippen LogP contribution in [0.3, 0.4) is 0 Å². The molecule has 3 atom stereocenters. The molecule has 20 heavy (non-hydrogen) atoms. The Morgan fingerprint density at radius 1 is 1.00 bits per heavy atom. The van der Waals surface area contributed by atoms with E-state index in [2.05, 4.69) is 33.0 Å². The van der Waals surface area contributed by atoms with Crippen molar-refractivity contribution < 1.29 is 0 Å². The van der Waals surface area contributed by atoms with E-state index in [1.165, 1.54) is 57.8 Å². The molecule has 3 fully saturated rings. The van der Waals surface area contributed by atoms with Gasteiger partial charge in [-0.25, -0.2) is 0 Å². The molecular weight excluding hydrogens is 242 g/mol. The summed E-state index contributed by atoms with van der Waals surface area (Å²) < 4.78 is 0. The molecule has 3 saturated carbocycles. The fourth-order valence-corrected chi connectivity index (χ4v) is 5.98. The second-order valence-electron chi connectivity index (χ2n) is 9.02. The van der Waals surface area contributed by atoms with Gasteiger partial charge in [-0.1, -0.05) is 40.5 Å². The number of hydrogen-bond acceptors (Lipinski definition) is 1. The smallest absolute Gasteiger partial charge is 0.0177 e. The normalized spacial score (nSPS) is 46.8. The molecule has 0 aliphatic heterocycles. The fraction of sp³-hybridized carbons (Fsp3) is 1.00. The summed E-state index contributed by atoms with van der Waals surface area (Å²) in [4.78, 5) is 0. The lowest BCUT2D eigenvalue weighted by Crippen LogP contribution is -2.54. The summed E-state index contributed by atoms with van der Waals surface area (Å²) in [5.41, 5.74) is 1.11. The first kappa shape index (κ1) is 14.9. The van der Waals surface area contributed by atoms with Gasteiger partial charge in [0.05, 0.1) is 0 Å². The van der Waals surface area contributed by atoms with Crippen LogP contribution in [0.1, 0.15) is 85.5 Å². The highest BCUT2D eigenvalue weighted by atomic mass is 15.0. The van der Waals surface area contributed by atoms with Crippen molar-refractivity contribution in [2.45, 2.75) is 97.6 Å². The molecule has 3 rings (SSSR count). The van der Waals surface area contributed by atoms with E-state index in [4.69, 9.17) is 0 Å². The second-order valence-corrected chi connectivity index (χ2v) is 9.02. The number of rotatable bonds is 4. The fourth-order valence-electron chi connectivity index (χ4n) is 5.98. The van der Waals surface area contributed by atoms with Gasteiger partial charge in [0.2, 0.25) is 0 Å². The molecule has 0 amide bonds. The third kappa shape index (κ3) is 2.45. The van der Waals surface area contributed by atoms with E-state index in [0.717, 1.165) is 23.9 Å². The summed E-state index contributed by atoms with van der Waals surface area (Å²) in [5.74, 6) is 2.00. The second kappa shape index (κ2) is 5.30. The zero-order valence-electron chi connectivity index (χ0n) is 14.2. The Morgan fingerprint density at radius 3 is 2.25 bits per heavy atom. The van der Waals surface area contributed by atoms with Gasteiger partial charge in [0.25, 0.3) is 0 Å². The van der Waals surface area contributed by atoms with Gasteiger partial charge in [0.15, 0.2) is 0 Å². The van der Waals surface area contributed by atoms with Gasteiger partial charge >= 0.3 is 0 Å². The SMILES string of the molecule is CCCC1CCC(NC2C3(C)CCC(C3)C2(C)C)CC1. The van der Waals surface area contributed by atoms with E-state index in [9.17, 15) is 0 Å². The Hall–Kier alpha value is -0.0400. The largest absolute Gasteiger partial charge is 0.310 e. The standard InChI is InChI=1S/C19H35N/c1-5-6-14-7-9-16(10-8-14)20-17-18(2,3)15-11-12-19(17,4)13-15/h14-17,20H,5-13H2,1-4H3. The number of fused-ring (bicyclic) bond motifs is 2. The van der Waals surface area contributed by atoms with E-state index in [-0.39, 0.29) is 0 Å². The van der Waals surface area contributed by atoms with Crippen molar-refractivity contribution in [3.63, 3.8) is 0 Å². The molecule has 0 heterocycles. The molecule has 3 unspecified atom stereocenters. The summed E-state index contributed by atoms with van der Waals surface area (Å²) >= 11 is 0. The van der Waals surface area contributed by atoms with Crippen LogP contribution in [0.15, 0.2) is 0 Å². The third-order valence-corrected chi connectivity index (χ3v) is 7.22. The summed E-state index contributed by atoms with van der Waals surface area (Å²) in [6.45, 7) is 9.95. The third-order valence-electron chi connectivity index (χ3n) is 7.22. The average molecular weight is 277 g/mol. The van der Waals surface area contributed by atoms with Crippen molar-refractivity contribution in [1.29, 1.82) is 0 Å². The molecule has 3 aliphatic rings. The molecule has 0 radical (unpaired) electrons. The van der Waals surface area contributed by atoms with Gasteiger partial charge in [-0.05, 0) is 67.6 Å². The van der Waals surface area contributed by atoms with Crippen molar-refractivity contribution in [1.82, 2.24) is 5.32 Å².